The smallest absolute Gasteiger partial charge is 0.238 e. The highest BCUT2D eigenvalue weighted by molar-refractivity contribution is 5.93. The summed E-state index contributed by atoms with van der Waals surface area (Å²) in [5.41, 5.74) is 3.15. The van der Waals surface area contributed by atoms with Gasteiger partial charge in [0.15, 0.2) is 0 Å². The van der Waals surface area contributed by atoms with Gasteiger partial charge in [0.1, 0.15) is 0 Å². The molecule has 1 aliphatic heterocycles. The van der Waals surface area contributed by atoms with E-state index in [9.17, 15) is 4.79 Å². The predicted molar refractivity (Wildman–Crippen MR) is 81.0 cm³/mol. The zero-order valence-corrected chi connectivity index (χ0v) is 12.8. The molecule has 0 aromatic heterocycles. The third-order valence-corrected chi connectivity index (χ3v) is 3.53. The van der Waals surface area contributed by atoms with Gasteiger partial charge in [-0.05, 0) is 44.9 Å². The van der Waals surface area contributed by atoms with E-state index in [2.05, 4.69) is 16.3 Å². The highest BCUT2D eigenvalue weighted by Crippen LogP contribution is 2.16. The van der Waals surface area contributed by atoms with E-state index in [4.69, 9.17) is 4.74 Å². The Kier molecular flexibility index (Phi) is 4.78. The molecule has 1 heterocycles. The summed E-state index contributed by atoms with van der Waals surface area (Å²) in [5, 5.41) is 3.01. The molecular formula is C16H24N2O2. The maximum atomic E-state index is 12.2. The zero-order chi connectivity index (χ0) is 14.7. The number of rotatable bonds is 3. The van der Waals surface area contributed by atoms with Gasteiger partial charge in [0.25, 0.3) is 0 Å². The fourth-order valence-electron chi connectivity index (χ4n) is 2.68. The Morgan fingerprint density at radius 2 is 1.95 bits per heavy atom. The molecule has 2 atom stereocenters. The summed E-state index contributed by atoms with van der Waals surface area (Å²) in [6, 6.07) is 6.10. The molecule has 0 aliphatic carbocycles. The molecule has 1 aromatic rings. The first-order chi connectivity index (χ1) is 9.44. The van der Waals surface area contributed by atoms with Crippen molar-refractivity contribution in [2.75, 3.05) is 25.0 Å². The van der Waals surface area contributed by atoms with Crippen molar-refractivity contribution in [3.05, 3.63) is 29.3 Å². The molecule has 1 aliphatic rings. The number of hydrogen-bond donors (Lipinski definition) is 1. The van der Waals surface area contributed by atoms with Crippen LogP contribution in [0.1, 0.15) is 25.0 Å². The van der Waals surface area contributed by atoms with Gasteiger partial charge >= 0.3 is 0 Å². The van der Waals surface area contributed by atoms with Crippen LogP contribution in [0.25, 0.3) is 0 Å². The Hall–Kier alpha value is -1.39. The van der Waals surface area contributed by atoms with E-state index in [1.54, 1.807) is 0 Å². The van der Waals surface area contributed by atoms with Crippen LogP contribution in [-0.4, -0.2) is 42.6 Å². The average molecular weight is 276 g/mol. The number of nitrogens with one attached hydrogen (secondary N) is 1. The van der Waals surface area contributed by atoms with Crippen molar-refractivity contribution in [3.8, 4) is 0 Å². The predicted octanol–water partition coefficient (Wildman–Crippen LogP) is 2.35. The molecular weight excluding hydrogens is 252 g/mol. The van der Waals surface area contributed by atoms with E-state index in [1.807, 2.05) is 39.8 Å². The molecule has 1 fully saturated rings. The Labute approximate surface area is 121 Å². The minimum absolute atomic E-state index is 0.0417. The summed E-state index contributed by atoms with van der Waals surface area (Å²) in [6.07, 6.45) is 0.375. The van der Waals surface area contributed by atoms with Crippen LogP contribution in [0.4, 0.5) is 5.69 Å². The van der Waals surface area contributed by atoms with E-state index < -0.39 is 0 Å². The van der Waals surface area contributed by atoms with Crippen LogP contribution in [-0.2, 0) is 9.53 Å². The maximum absolute atomic E-state index is 12.2. The normalized spacial score (nSPS) is 23.6. The molecule has 0 unspecified atom stereocenters. The number of ether oxygens (including phenoxy) is 1. The fraction of sp³-hybridized carbons (Fsp3) is 0.562. The Balaban J connectivity index is 1.93. The number of morpholine rings is 1. The largest absolute Gasteiger partial charge is 0.373 e. The number of hydrogen-bond acceptors (Lipinski definition) is 3. The lowest BCUT2D eigenvalue weighted by Gasteiger charge is -2.34. The van der Waals surface area contributed by atoms with Crippen molar-refractivity contribution < 1.29 is 9.53 Å². The third-order valence-electron chi connectivity index (χ3n) is 3.53. The van der Waals surface area contributed by atoms with Crippen molar-refractivity contribution in [1.82, 2.24) is 4.90 Å². The van der Waals surface area contributed by atoms with Crippen molar-refractivity contribution in [1.29, 1.82) is 0 Å². The lowest BCUT2D eigenvalue weighted by atomic mass is 10.1. The Bertz CT molecular complexity index is 477. The van der Waals surface area contributed by atoms with Crippen LogP contribution >= 0.6 is 0 Å². The number of carbonyl (C=O) groups is 1. The molecule has 1 amide bonds. The standard InChI is InChI=1S/C16H24N2O2/c1-11-5-6-12(2)15(7-11)17-16(19)10-18-8-13(3)20-14(4)9-18/h5-7,13-14H,8-10H2,1-4H3,(H,17,19)/t13-,14-/m1/s1. The number of anilines is 1. The Morgan fingerprint density at radius 3 is 2.60 bits per heavy atom. The number of carbonyl (C=O) groups excluding carboxylic acids is 1. The summed E-state index contributed by atoms with van der Waals surface area (Å²) in [4.78, 5) is 14.3. The number of nitrogens with zero attached hydrogens (tertiary/aromatic N) is 1. The molecule has 1 saturated heterocycles. The minimum Gasteiger partial charge on any atom is -0.373 e. The summed E-state index contributed by atoms with van der Waals surface area (Å²) in [5.74, 6) is 0.0417. The summed E-state index contributed by atoms with van der Waals surface area (Å²) >= 11 is 0. The summed E-state index contributed by atoms with van der Waals surface area (Å²) in [6.45, 7) is 10.2. The molecule has 4 heteroatoms. The van der Waals surface area contributed by atoms with E-state index in [-0.39, 0.29) is 18.1 Å². The number of benzene rings is 1. The quantitative estimate of drug-likeness (QED) is 0.921. The van der Waals surface area contributed by atoms with E-state index in [0.29, 0.717) is 6.54 Å². The van der Waals surface area contributed by atoms with Gasteiger partial charge in [-0.2, -0.15) is 0 Å². The van der Waals surface area contributed by atoms with Gasteiger partial charge < -0.3 is 10.1 Å². The first kappa shape index (κ1) is 15.0. The second-order valence-corrected chi connectivity index (χ2v) is 5.82. The van der Waals surface area contributed by atoms with Gasteiger partial charge in [-0.1, -0.05) is 12.1 Å². The fourth-order valence-corrected chi connectivity index (χ4v) is 2.68. The third kappa shape index (κ3) is 4.05. The van der Waals surface area contributed by atoms with Crippen molar-refractivity contribution in [3.63, 3.8) is 0 Å². The average Bonchev–Trinajstić information content (AvgIpc) is 2.32. The highest BCUT2D eigenvalue weighted by Gasteiger charge is 2.23. The van der Waals surface area contributed by atoms with Gasteiger partial charge in [-0.3, -0.25) is 9.69 Å². The first-order valence-corrected chi connectivity index (χ1v) is 7.19. The van der Waals surface area contributed by atoms with Crippen molar-refractivity contribution in [2.45, 2.75) is 39.9 Å². The molecule has 0 spiro atoms. The van der Waals surface area contributed by atoms with Crippen LogP contribution in [0, 0.1) is 13.8 Å². The molecule has 110 valence electrons. The molecule has 4 nitrogen and oxygen atoms in total. The molecule has 0 saturated carbocycles. The van der Waals surface area contributed by atoms with Gasteiger partial charge in [0, 0.05) is 18.8 Å². The van der Waals surface area contributed by atoms with E-state index in [1.165, 1.54) is 0 Å². The number of aryl methyl sites for hydroxylation is 2. The molecule has 2 rings (SSSR count). The number of amides is 1. The first-order valence-electron chi connectivity index (χ1n) is 7.19. The zero-order valence-electron chi connectivity index (χ0n) is 12.8. The second kappa shape index (κ2) is 6.37. The van der Waals surface area contributed by atoms with Gasteiger partial charge in [-0.25, -0.2) is 0 Å². The SMILES string of the molecule is Cc1ccc(C)c(NC(=O)CN2C[C@@H](C)O[C@H](C)C2)c1. The van der Waals surface area contributed by atoms with Crippen LogP contribution < -0.4 is 5.32 Å². The van der Waals surface area contributed by atoms with Crippen molar-refractivity contribution >= 4 is 11.6 Å². The second-order valence-electron chi connectivity index (χ2n) is 5.82. The molecule has 0 radical (unpaired) electrons. The molecule has 20 heavy (non-hydrogen) atoms. The maximum Gasteiger partial charge on any atom is 0.238 e. The van der Waals surface area contributed by atoms with Gasteiger partial charge in [0.2, 0.25) is 5.91 Å². The highest BCUT2D eigenvalue weighted by atomic mass is 16.5. The molecule has 0 bridgehead atoms. The van der Waals surface area contributed by atoms with E-state index >= 15 is 0 Å². The van der Waals surface area contributed by atoms with Crippen molar-refractivity contribution in [2.24, 2.45) is 0 Å². The van der Waals surface area contributed by atoms with Crippen LogP contribution in [0.5, 0.6) is 0 Å². The monoisotopic (exact) mass is 276 g/mol. The van der Waals surface area contributed by atoms with Gasteiger partial charge in [-0.15, -0.1) is 0 Å². The van der Waals surface area contributed by atoms with Crippen LogP contribution in [0.15, 0.2) is 18.2 Å². The van der Waals surface area contributed by atoms with Crippen LogP contribution in [0.3, 0.4) is 0 Å². The molecule has 1 aromatic carbocycles. The molecule has 1 N–H and O–H groups in total. The minimum atomic E-state index is 0.0417. The topological polar surface area (TPSA) is 41.6 Å². The summed E-state index contributed by atoms with van der Waals surface area (Å²) < 4.78 is 5.68. The summed E-state index contributed by atoms with van der Waals surface area (Å²) in [7, 11) is 0. The Morgan fingerprint density at radius 1 is 1.30 bits per heavy atom. The lowest BCUT2D eigenvalue weighted by Crippen LogP contribution is -2.48. The lowest BCUT2D eigenvalue weighted by molar-refractivity contribution is -0.121. The van der Waals surface area contributed by atoms with E-state index in [0.717, 1.165) is 29.9 Å². The van der Waals surface area contributed by atoms with Gasteiger partial charge in [0.05, 0.1) is 18.8 Å². The van der Waals surface area contributed by atoms with Crippen LogP contribution in [0.2, 0.25) is 0 Å².